The highest BCUT2D eigenvalue weighted by atomic mass is 32.1. The highest BCUT2D eigenvalue weighted by Gasteiger charge is 2.20. The Morgan fingerprint density at radius 1 is 1.55 bits per heavy atom. The van der Waals surface area contributed by atoms with Crippen molar-refractivity contribution in [3.63, 3.8) is 0 Å². The van der Waals surface area contributed by atoms with E-state index in [-0.39, 0.29) is 5.91 Å². The first kappa shape index (κ1) is 13.3. The van der Waals surface area contributed by atoms with Crippen LogP contribution in [0.25, 0.3) is 0 Å². The number of rotatable bonds is 3. The summed E-state index contributed by atoms with van der Waals surface area (Å²) < 4.78 is 2.10. The number of aryl methyl sites for hydroxylation is 1. The summed E-state index contributed by atoms with van der Waals surface area (Å²) in [6.07, 6.45) is 2.90. The zero-order valence-corrected chi connectivity index (χ0v) is 12.4. The predicted octanol–water partition coefficient (Wildman–Crippen LogP) is 1.39. The minimum atomic E-state index is -0.0815. The molecule has 7 heteroatoms. The molecule has 1 aliphatic rings. The van der Waals surface area contributed by atoms with Crippen molar-refractivity contribution < 1.29 is 4.79 Å². The summed E-state index contributed by atoms with van der Waals surface area (Å²) in [7, 11) is 2.04. The minimum Gasteiger partial charge on any atom is -0.337 e. The van der Waals surface area contributed by atoms with E-state index >= 15 is 0 Å². The van der Waals surface area contributed by atoms with Gasteiger partial charge in [0.2, 0.25) is 5.91 Å². The maximum Gasteiger partial charge on any atom is 0.223 e. The maximum absolute atomic E-state index is 11.0. The van der Waals surface area contributed by atoms with Crippen molar-refractivity contribution in [2.75, 3.05) is 11.9 Å². The van der Waals surface area contributed by atoms with Crippen molar-refractivity contribution >= 4 is 22.4 Å². The first-order valence-corrected chi connectivity index (χ1v) is 7.43. The summed E-state index contributed by atoms with van der Waals surface area (Å²) in [6, 6.07) is 0. The summed E-state index contributed by atoms with van der Waals surface area (Å²) in [6.45, 7) is 4.17. The molecule has 0 spiro atoms. The molecular weight excluding hydrogens is 274 g/mol. The first-order chi connectivity index (χ1) is 9.61. The molecule has 0 aromatic carbocycles. The van der Waals surface area contributed by atoms with Gasteiger partial charge in [-0.1, -0.05) is 0 Å². The fourth-order valence-corrected chi connectivity index (χ4v) is 3.21. The Labute approximate surface area is 121 Å². The van der Waals surface area contributed by atoms with Crippen LogP contribution in [0.3, 0.4) is 0 Å². The maximum atomic E-state index is 11.0. The van der Waals surface area contributed by atoms with Crippen molar-refractivity contribution in [1.82, 2.24) is 19.4 Å². The second-order valence-corrected chi connectivity index (χ2v) is 5.89. The van der Waals surface area contributed by atoms with E-state index in [1.807, 2.05) is 18.8 Å². The fraction of sp³-hybridized carbons (Fsp3) is 0.462. The number of hydrogen-bond acceptors (Lipinski definition) is 5. The Hall–Kier alpha value is -1.73. The van der Waals surface area contributed by atoms with E-state index < -0.39 is 0 Å². The number of thiazole rings is 1. The lowest BCUT2D eigenvalue weighted by molar-refractivity contribution is -0.114. The molecule has 3 heterocycles. The highest BCUT2D eigenvalue weighted by Crippen LogP contribution is 2.21. The zero-order chi connectivity index (χ0) is 14.1. The van der Waals surface area contributed by atoms with Crippen LogP contribution in [0.1, 0.15) is 24.0 Å². The quantitative estimate of drug-likeness (QED) is 0.928. The second-order valence-electron chi connectivity index (χ2n) is 5.03. The lowest BCUT2D eigenvalue weighted by Crippen LogP contribution is -2.30. The number of aromatic nitrogens is 3. The second kappa shape index (κ2) is 5.34. The molecule has 1 N–H and O–H groups in total. The standard InChI is InChI=1S/C13H17N5OS/c1-9(19)15-13-16-10(7-20-13)5-18-4-3-12-11(6-18)14-8-17(12)2/h7-8H,3-6H2,1-2H3,(H,15,16,19). The van der Waals surface area contributed by atoms with E-state index in [1.165, 1.54) is 24.0 Å². The molecule has 0 aliphatic carbocycles. The summed E-state index contributed by atoms with van der Waals surface area (Å²) >= 11 is 1.47. The lowest BCUT2D eigenvalue weighted by atomic mass is 10.1. The molecule has 3 rings (SSSR count). The average Bonchev–Trinajstić information content (AvgIpc) is 2.97. The van der Waals surface area contributed by atoms with Crippen LogP contribution in [0.5, 0.6) is 0 Å². The average molecular weight is 291 g/mol. The molecule has 0 radical (unpaired) electrons. The Balaban J connectivity index is 1.64. The van der Waals surface area contributed by atoms with Gasteiger partial charge in [0.25, 0.3) is 0 Å². The molecule has 0 saturated carbocycles. The van der Waals surface area contributed by atoms with Gasteiger partial charge < -0.3 is 9.88 Å². The number of amides is 1. The largest absolute Gasteiger partial charge is 0.337 e. The summed E-state index contributed by atoms with van der Waals surface area (Å²) in [5.41, 5.74) is 3.49. The predicted molar refractivity (Wildman–Crippen MR) is 77.4 cm³/mol. The van der Waals surface area contributed by atoms with Crippen LogP contribution < -0.4 is 5.32 Å². The molecule has 106 valence electrons. The fourth-order valence-electron chi connectivity index (χ4n) is 2.46. The summed E-state index contributed by atoms with van der Waals surface area (Å²) in [5, 5.41) is 5.38. The third-order valence-electron chi connectivity index (χ3n) is 3.40. The van der Waals surface area contributed by atoms with Gasteiger partial charge in [0.1, 0.15) is 0 Å². The highest BCUT2D eigenvalue weighted by molar-refractivity contribution is 7.13. The van der Waals surface area contributed by atoms with Crippen LogP contribution in [0.15, 0.2) is 11.7 Å². The van der Waals surface area contributed by atoms with Gasteiger partial charge in [-0.25, -0.2) is 9.97 Å². The third kappa shape index (κ3) is 2.73. The van der Waals surface area contributed by atoms with E-state index in [4.69, 9.17) is 0 Å². The van der Waals surface area contributed by atoms with Crippen LogP contribution in [0, 0.1) is 0 Å². The molecule has 2 aromatic heterocycles. The molecule has 1 aliphatic heterocycles. The van der Waals surface area contributed by atoms with Crippen molar-refractivity contribution in [3.05, 3.63) is 28.8 Å². The summed E-state index contributed by atoms with van der Waals surface area (Å²) in [4.78, 5) is 22.2. The molecular formula is C13H17N5OS. The van der Waals surface area contributed by atoms with Crippen LogP contribution in [-0.2, 0) is 31.4 Å². The van der Waals surface area contributed by atoms with Gasteiger partial charge in [0.05, 0.1) is 17.7 Å². The number of nitrogens with zero attached hydrogens (tertiary/aromatic N) is 4. The van der Waals surface area contributed by atoms with Gasteiger partial charge in [0, 0.05) is 51.1 Å². The molecule has 2 aromatic rings. The van der Waals surface area contributed by atoms with Gasteiger partial charge >= 0.3 is 0 Å². The Bertz CT molecular complexity index is 632. The van der Waals surface area contributed by atoms with Gasteiger partial charge in [-0.3, -0.25) is 9.69 Å². The topological polar surface area (TPSA) is 63.1 Å². The third-order valence-corrected chi connectivity index (χ3v) is 4.21. The molecule has 1 amide bonds. The Kier molecular flexibility index (Phi) is 3.54. The summed E-state index contributed by atoms with van der Waals surface area (Å²) in [5.74, 6) is -0.0815. The number of nitrogens with one attached hydrogen (secondary N) is 1. The van der Waals surface area contributed by atoms with Crippen molar-refractivity contribution in [2.45, 2.75) is 26.4 Å². The van der Waals surface area contributed by atoms with Crippen LogP contribution >= 0.6 is 11.3 Å². The van der Waals surface area contributed by atoms with Crippen LogP contribution in [0.2, 0.25) is 0 Å². The molecule has 0 fully saturated rings. The molecule has 0 bridgehead atoms. The van der Waals surface area contributed by atoms with Crippen molar-refractivity contribution in [2.24, 2.45) is 7.05 Å². The lowest BCUT2D eigenvalue weighted by Gasteiger charge is -2.25. The molecule has 0 unspecified atom stereocenters. The van der Waals surface area contributed by atoms with E-state index in [0.29, 0.717) is 5.13 Å². The van der Waals surface area contributed by atoms with Crippen molar-refractivity contribution in [3.8, 4) is 0 Å². The van der Waals surface area contributed by atoms with Gasteiger partial charge in [-0.05, 0) is 0 Å². The number of anilines is 1. The van der Waals surface area contributed by atoms with Crippen LogP contribution in [0.4, 0.5) is 5.13 Å². The Morgan fingerprint density at radius 2 is 2.40 bits per heavy atom. The molecule has 0 atom stereocenters. The minimum absolute atomic E-state index is 0.0815. The normalized spacial score (nSPS) is 15.1. The molecule has 20 heavy (non-hydrogen) atoms. The Morgan fingerprint density at radius 3 is 3.20 bits per heavy atom. The van der Waals surface area contributed by atoms with E-state index in [2.05, 4.69) is 24.8 Å². The van der Waals surface area contributed by atoms with E-state index in [9.17, 15) is 4.79 Å². The molecule has 0 saturated heterocycles. The van der Waals surface area contributed by atoms with E-state index in [0.717, 1.165) is 37.4 Å². The van der Waals surface area contributed by atoms with E-state index in [1.54, 1.807) is 0 Å². The first-order valence-electron chi connectivity index (χ1n) is 6.55. The van der Waals surface area contributed by atoms with Gasteiger partial charge in [-0.15, -0.1) is 11.3 Å². The van der Waals surface area contributed by atoms with Gasteiger partial charge in [0.15, 0.2) is 5.13 Å². The number of fused-ring (bicyclic) bond motifs is 1. The smallest absolute Gasteiger partial charge is 0.223 e. The number of hydrogen-bond donors (Lipinski definition) is 1. The number of imidazole rings is 1. The van der Waals surface area contributed by atoms with Crippen molar-refractivity contribution in [1.29, 1.82) is 0 Å². The number of carbonyl (C=O) groups is 1. The monoisotopic (exact) mass is 291 g/mol. The zero-order valence-electron chi connectivity index (χ0n) is 11.6. The SMILES string of the molecule is CC(=O)Nc1nc(CN2CCc3c(ncn3C)C2)cs1. The number of carbonyl (C=O) groups excluding carboxylic acids is 1. The van der Waals surface area contributed by atoms with Crippen LogP contribution in [-0.4, -0.2) is 31.9 Å². The van der Waals surface area contributed by atoms with Gasteiger partial charge in [-0.2, -0.15) is 0 Å². The molecule has 6 nitrogen and oxygen atoms in total.